The van der Waals surface area contributed by atoms with Crippen molar-refractivity contribution in [2.75, 3.05) is 19.8 Å². The van der Waals surface area contributed by atoms with E-state index in [1.807, 2.05) is 18.2 Å². The maximum absolute atomic E-state index is 11.9. The second kappa shape index (κ2) is 6.28. The average molecular weight is 299 g/mol. The molecular weight excluding hydrogens is 284 g/mol. The van der Waals surface area contributed by atoms with E-state index in [2.05, 4.69) is 15.9 Å². The molecule has 1 aliphatic heterocycles. The quantitative estimate of drug-likeness (QED) is 0.802. The summed E-state index contributed by atoms with van der Waals surface area (Å²) in [5.74, 6) is 0.0257. The highest BCUT2D eigenvalue weighted by molar-refractivity contribution is 9.10. The Morgan fingerprint density at radius 3 is 2.88 bits per heavy atom. The second-order valence-corrected chi connectivity index (χ2v) is 4.97. The summed E-state index contributed by atoms with van der Waals surface area (Å²) in [5.41, 5.74) is 0.687. The molecule has 0 atom stereocenters. The van der Waals surface area contributed by atoms with Gasteiger partial charge in [0.25, 0.3) is 0 Å². The van der Waals surface area contributed by atoms with Gasteiger partial charge in [0.15, 0.2) is 5.78 Å². The van der Waals surface area contributed by atoms with E-state index in [-0.39, 0.29) is 18.5 Å². The first-order valence-corrected chi connectivity index (χ1v) is 6.53. The number of Topliss-reactive ketones (excluding diaryl/α,β-unsaturated/α-hetero) is 1. The highest BCUT2D eigenvalue weighted by atomic mass is 79.9. The van der Waals surface area contributed by atoms with Crippen LogP contribution in [0.15, 0.2) is 28.7 Å². The number of carbonyl (C=O) groups is 1. The maximum atomic E-state index is 11.9. The van der Waals surface area contributed by atoms with Gasteiger partial charge in [0.05, 0.1) is 6.10 Å². The molecule has 1 saturated heterocycles. The van der Waals surface area contributed by atoms with Crippen LogP contribution >= 0.6 is 15.9 Å². The van der Waals surface area contributed by atoms with Crippen LogP contribution in [0.5, 0.6) is 0 Å². The molecule has 1 heterocycles. The molecule has 1 aliphatic rings. The normalized spacial score (nSPS) is 17.0. The predicted octanol–water partition coefficient (Wildman–Crippen LogP) is 2.83. The largest absolute Gasteiger partial charge is 0.381 e. The van der Waals surface area contributed by atoms with Crippen LogP contribution in [0.2, 0.25) is 0 Å². The van der Waals surface area contributed by atoms with E-state index in [4.69, 9.17) is 9.47 Å². The molecule has 1 aromatic carbocycles. The molecule has 4 heteroatoms. The highest BCUT2D eigenvalue weighted by Crippen LogP contribution is 2.14. The number of halogens is 1. The van der Waals surface area contributed by atoms with Crippen LogP contribution in [0.25, 0.3) is 0 Å². The molecule has 2 rings (SSSR count). The summed E-state index contributed by atoms with van der Waals surface area (Å²) < 4.78 is 11.7. The zero-order valence-electron chi connectivity index (χ0n) is 9.52. The minimum absolute atomic E-state index is 0.0257. The van der Waals surface area contributed by atoms with Crippen molar-refractivity contribution in [1.82, 2.24) is 0 Å². The summed E-state index contributed by atoms with van der Waals surface area (Å²) >= 11 is 3.35. The van der Waals surface area contributed by atoms with E-state index in [1.165, 1.54) is 0 Å². The van der Waals surface area contributed by atoms with E-state index in [1.54, 1.807) is 6.07 Å². The molecule has 0 N–H and O–H groups in total. The zero-order chi connectivity index (χ0) is 12.1. The Morgan fingerprint density at radius 2 is 2.18 bits per heavy atom. The highest BCUT2D eigenvalue weighted by Gasteiger charge is 2.16. The molecule has 3 nitrogen and oxygen atoms in total. The molecule has 0 bridgehead atoms. The SMILES string of the molecule is O=C(COC1CCOCC1)c1cccc(Br)c1. The average Bonchev–Trinajstić information content (AvgIpc) is 2.37. The molecular formula is C13H15BrO3. The maximum Gasteiger partial charge on any atom is 0.188 e. The van der Waals surface area contributed by atoms with Crippen molar-refractivity contribution in [2.24, 2.45) is 0 Å². The summed E-state index contributed by atoms with van der Waals surface area (Å²) in [6.45, 7) is 1.62. The summed E-state index contributed by atoms with van der Waals surface area (Å²) in [7, 11) is 0. The van der Waals surface area contributed by atoms with E-state index in [0.29, 0.717) is 5.56 Å². The molecule has 1 fully saturated rings. The monoisotopic (exact) mass is 298 g/mol. The lowest BCUT2D eigenvalue weighted by Gasteiger charge is -2.21. The van der Waals surface area contributed by atoms with Crippen molar-refractivity contribution in [3.63, 3.8) is 0 Å². The van der Waals surface area contributed by atoms with Gasteiger partial charge in [-0.05, 0) is 25.0 Å². The lowest BCUT2D eigenvalue weighted by atomic mass is 10.1. The van der Waals surface area contributed by atoms with Crippen LogP contribution in [0.1, 0.15) is 23.2 Å². The van der Waals surface area contributed by atoms with Crippen molar-refractivity contribution >= 4 is 21.7 Å². The van der Waals surface area contributed by atoms with Crippen molar-refractivity contribution in [3.05, 3.63) is 34.3 Å². The van der Waals surface area contributed by atoms with Crippen LogP contribution < -0.4 is 0 Å². The van der Waals surface area contributed by atoms with Gasteiger partial charge in [-0.15, -0.1) is 0 Å². The topological polar surface area (TPSA) is 35.5 Å². The minimum Gasteiger partial charge on any atom is -0.381 e. The first-order chi connectivity index (χ1) is 8.25. The smallest absolute Gasteiger partial charge is 0.188 e. The fourth-order valence-electron chi connectivity index (χ4n) is 1.78. The molecule has 0 amide bonds. The minimum atomic E-state index is 0.0257. The first kappa shape index (κ1) is 12.7. The Hall–Kier alpha value is -0.710. The molecule has 1 aromatic rings. The van der Waals surface area contributed by atoms with Crippen molar-refractivity contribution < 1.29 is 14.3 Å². The molecule has 0 aliphatic carbocycles. The number of benzene rings is 1. The first-order valence-electron chi connectivity index (χ1n) is 5.74. The zero-order valence-corrected chi connectivity index (χ0v) is 11.1. The van der Waals surface area contributed by atoms with Crippen molar-refractivity contribution in [2.45, 2.75) is 18.9 Å². The van der Waals surface area contributed by atoms with Crippen molar-refractivity contribution in [1.29, 1.82) is 0 Å². The second-order valence-electron chi connectivity index (χ2n) is 4.06. The Labute approximate surface area is 109 Å². The number of hydrogen-bond acceptors (Lipinski definition) is 3. The fraction of sp³-hybridized carbons (Fsp3) is 0.462. The number of rotatable bonds is 4. The van der Waals surface area contributed by atoms with E-state index >= 15 is 0 Å². The number of carbonyl (C=O) groups excluding carboxylic acids is 1. The van der Waals surface area contributed by atoms with Gasteiger partial charge in [-0.25, -0.2) is 0 Å². The standard InChI is InChI=1S/C13H15BrO3/c14-11-3-1-2-10(8-11)13(15)9-17-12-4-6-16-7-5-12/h1-3,8,12H,4-7,9H2. The molecule has 0 radical (unpaired) electrons. The number of hydrogen-bond donors (Lipinski definition) is 0. The molecule has 92 valence electrons. The lowest BCUT2D eigenvalue weighted by molar-refractivity contribution is -0.0262. The van der Waals surface area contributed by atoms with Crippen LogP contribution in [-0.2, 0) is 9.47 Å². The Balaban J connectivity index is 1.84. The third-order valence-electron chi connectivity index (χ3n) is 2.77. The molecule has 17 heavy (non-hydrogen) atoms. The van der Waals surface area contributed by atoms with Crippen LogP contribution in [0, 0.1) is 0 Å². The molecule has 0 aromatic heterocycles. The van der Waals surface area contributed by atoms with Crippen molar-refractivity contribution in [3.8, 4) is 0 Å². The Bertz CT molecular complexity index is 386. The van der Waals surface area contributed by atoms with Gasteiger partial charge >= 0.3 is 0 Å². The summed E-state index contributed by atoms with van der Waals surface area (Å²) in [6, 6.07) is 7.37. The molecule has 0 unspecified atom stereocenters. The lowest BCUT2D eigenvalue weighted by Crippen LogP contribution is -2.25. The van der Waals surface area contributed by atoms with Gasteiger partial charge in [-0.1, -0.05) is 28.1 Å². The van der Waals surface area contributed by atoms with E-state index in [9.17, 15) is 4.79 Å². The predicted molar refractivity (Wildman–Crippen MR) is 68.3 cm³/mol. The fourth-order valence-corrected chi connectivity index (χ4v) is 2.18. The number of ether oxygens (including phenoxy) is 2. The number of ketones is 1. The summed E-state index contributed by atoms with van der Waals surface area (Å²) in [4.78, 5) is 11.9. The van der Waals surface area contributed by atoms with E-state index < -0.39 is 0 Å². The summed E-state index contributed by atoms with van der Waals surface area (Å²) in [6.07, 6.45) is 1.93. The van der Waals surface area contributed by atoms with E-state index in [0.717, 1.165) is 30.5 Å². The van der Waals surface area contributed by atoms with Crippen LogP contribution in [0.3, 0.4) is 0 Å². The molecule has 0 saturated carbocycles. The third-order valence-corrected chi connectivity index (χ3v) is 3.26. The third kappa shape index (κ3) is 3.91. The van der Waals surface area contributed by atoms with Crippen LogP contribution in [-0.4, -0.2) is 31.7 Å². The van der Waals surface area contributed by atoms with Gasteiger partial charge in [-0.3, -0.25) is 4.79 Å². The van der Waals surface area contributed by atoms with Gasteiger partial charge in [-0.2, -0.15) is 0 Å². The molecule has 0 spiro atoms. The summed E-state index contributed by atoms with van der Waals surface area (Å²) in [5, 5.41) is 0. The van der Waals surface area contributed by atoms with Gasteiger partial charge in [0, 0.05) is 23.2 Å². The Kier molecular flexibility index (Phi) is 4.71. The van der Waals surface area contributed by atoms with Gasteiger partial charge in [0.2, 0.25) is 0 Å². The van der Waals surface area contributed by atoms with Gasteiger partial charge in [0.1, 0.15) is 6.61 Å². The Morgan fingerprint density at radius 1 is 1.41 bits per heavy atom. The van der Waals surface area contributed by atoms with Gasteiger partial charge < -0.3 is 9.47 Å². The van der Waals surface area contributed by atoms with Crippen LogP contribution in [0.4, 0.5) is 0 Å².